The van der Waals surface area contributed by atoms with Gasteiger partial charge in [0.05, 0.1) is 12.6 Å². The molecule has 0 radical (unpaired) electrons. The smallest absolute Gasteiger partial charge is 0.248 e. The van der Waals surface area contributed by atoms with Crippen molar-refractivity contribution in [3.05, 3.63) is 29.8 Å². The van der Waals surface area contributed by atoms with Crippen LogP contribution in [0.15, 0.2) is 24.3 Å². The molecule has 25 heavy (non-hydrogen) atoms. The average Bonchev–Trinajstić information content (AvgIpc) is 3.10. The maximum absolute atomic E-state index is 12.3. The van der Waals surface area contributed by atoms with Gasteiger partial charge in [0, 0.05) is 18.6 Å². The molecule has 0 aromatic heterocycles. The summed E-state index contributed by atoms with van der Waals surface area (Å²) in [7, 11) is 0. The molecular formula is C19H26N2O4. The number of ether oxygens (including phenoxy) is 2. The van der Waals surface area contributed by atoms with Gasteiger partial charge in [-0.15, -0.1) is 0 Å². The van der Waals surface area contributed by atoms with Gasteiger partial charge in [-0.2, -0.15) is 0 Å². The number of nitrogens with one attached hydrogen (secondary N) is 1. The Morgan fingerprint density at radius 1 is 1.16 bits per heavy atom. The third-order valence-corrected chi connectivity index (χ3v) is 5.03. The topological polar surface area (TPSA) is 90.7 Å². The first-order chi connectivity index (χ1) is 12.1. The molecule has 3 rings (SSSR count). The van der Waals surface area contributed by atoms with Crippen molar-refractivity contribution < 1.29 is 19.1 Å². The van der Waals surface area contributed by atoms with E-state index in [1.165, 1.54) is 12.8 Å². The van der Waals surface area contributed by atoms with Crippen molar-refractivity contribution in [2.75, 3.05) is 13.2 Å². The predicted octanol–water partition coefficient (Wildman–Crippen LogP) is 2.02. The van der Waals surface area contributed by atoms with Crippen molar-refractivity contribution in [3.8, 4) is 5.75 Å². The summed E-state index contributed by atoms with van der Waals surface area (Å²) in [6.07, 6.45) is 5.91. The first kappa shape index (κ1) is 17.7. The van der Waals surface area contributed by atoms with Crippen LogP contribution in [0.2, 0.25) is 0 Å². The fourth-order valence-corrected chi connectivity index (χ4v) is 3.61. The molecule has 0 spiro atoms. The molecule has 1 aromatic rings. The van der Waals surface area contributed by atoms with Crippen LogP contribution in [0.4, 0.5) is 0 Å². The lowest BCUT2D eigenvalue weighted by atomic mass is 10.0. The number of rotatable bonds is 6. The quantitative estimate of drug-likeness (QED) is 0.824. The van der Waals surface area contributed by atoms with Crippen LogP contribution in [-0.4, -0.2) is 37.2 Å². The summed E-state index contributed by atoms with van der Waals surface area (Å²) in [5.74, 6) is 0.803. The lowest BCUT2D eigenvalue weighted by Gasteiger charge is -2.32. The van der Waals surface area contributed by atoms with Gasteiger partial charge in [-0.25, -0.2) is 0 Å². The second-order valence-electron chi connectivity index (χ2n) is 6.94. The number of benzene rings is 1. The summed E-state index contributed by atoms with van der Waals surface area (Å²) in [5.41, 5.74) is 5.68. The highest BCUT2D eigenvalue weighted by Gasteiger charge is 2.30. The summed E-state index contributed by atoms with van der Waals surface area (Å²) in [6.45, 7) is 1.06. The molecule has 6 heteroatoms. The first-order valence-electron chi connectivity index (χ1n) is 9.05. The van der Waals surface area contributed by atoms with E-state index >= 15 is 0 Å². The minimum atomic E-state index is -0.468. The van der Waals surface area contributed by atoms with E-state index in [1.54, 1.807) is 24.3 Å². The third-order valence-electron chi connectivity index (χ3n) is 5.03. The van der Waals surface area contributed by atoms with Gasteiger partial charge in [-0.05, 0) is 49.4 Å². The molecule has 2 fully saturated rings. The van der Waals surface area contributed by atoms with Gasteiger partial charge >= 0.3 is 0 Å². The van der Waals surface area contributed by atoms with Crippen LogP contribution in [0.25, 0.3) is 0 Å². The largest absolute Gasteiger partial charge is 0.486 e. The number of carbonyl (C=O) groups excluding carboxylic acids is 2. The Hall–Kier alpha value is -2.08. The fourth-order valence-electron chi connectivity index (χ4n) is 3.61. The number of hydrogen-bond acceptors (Lipinski definition) is 4. The van der Waals surface area contributed by atoms with Crippen LogP contribution in [0.1, 0.15) is 48.9 Å². The number of hydrogen-bond donors (Lipinski definition) is 2. The second-order valence-corrected chi connectivity index (χ2v) is 6.94. The molecule has 0 bridgehead atoms. The molecular weight excluding hydrogens is 320 g/mol. The highest BCUT2D eigenvalue weighted by Crippen LogP contribution is 2.27. The predicted molar refractivity (Wildman–Crippen MR) is 93.3 cm³/mol. The van der Waals surface area contributed by atoms with Crippen LogP contribution in [0.3, 0.4) is 0 Å². The molecule has 2 aliphatic rings. The van der Waals surface area contributed by atoms with E-state index in [0.717, 1.165) is 19.3 Å². The first-order valence-corrected chi connectivity index (χ1v) is 9.05. The van der Waals surface area contributed by atoms with Gasteiger partial charge in [0.2, 0.25) is 11.8 Å². The molecule has 1 heterocycles. The zero-order valence-electron chi connectivity index (χ0n) is 14.4. The molecule has 6 nitrogen and oxygen atoms in total. The van der Waals surface area contributed by atoms with Gasteiger partial charge in [-0.3, -0.25) is 9.59 Å². The number of amides is 2. The summed E-state index contributed by atoms with van der Waals surface area (Å²) < 4.78 is 11.5. The summed E-state index contributed by atoms with van der Waals surface area (Å²) in [5, 5.41) is 3.13. The van der Waals surface area contributed by atoms with Crippen LogP contribution < -0.4 is 15.8 Å². The van der Waals surface area contributed by atoms with Crippen molar-refractivity contribution in [3.63, 3.8) is 0 Å². The fraction of sp³-hybridized carbons (Fsp3) is 0.579. The zero-order chi connectivity index (χ0) is 17.6. The van der Waals surface area contributed by atoms with E-state index in [4.69, 9.17) is 15.2 Å². The van der Waals surface area contributed by atoms with Crippen molar-refractivity contribution in [2.45, 2.75) is 50.7 Å². The third kappa shape index (κ3) is 4.95. The molecule has 1 saturated carbocycles. The lowest BCUT2D eigenvalue weighted by molar-refractivity contribution is -0.124. The Kier molecular flexibility index (Phi) is 5.91. The highest BCUT2D eigenvalue weighted by molar-refractivity contribution is 5.92. The Balaban J connectivity index is 1.56. The van der Waals surface area contributed by atoms with Gasteiger partial charge in [0.15, 0.2) is 0 Å². The Bertz CT molecular complexity index is 596. The summed E-state index contributed by atoms with van der Waals surface area (Å²) in [4.78, 5) is 23.5. The van der Waals surface area contributed by atoms with Crippen molar-refractivity contribution in [2.24, 2.45) is 11.7 Å². The van der Waals surface area contributed by atoms with Crippen molar-refractivity contribution >= 4 is 11.8 Å². The molecule has 1 aliphatic heterocycles. The average molecular weight is 346 g/mol. The molecule has 0 unspecified atom stereocenters. The summed E-state index contributed by atoms with van der Waals surface area (Å²) in [6, 6.07) is 6.64. The van der Waals surface area contributed by atoms with Crippen molar-refractivity contribution in [1.82, 2.24) is 5.32 Å². The van der Waals surface area contributed by atoms with Crippen molar-refractivity contribution in [1.29, 1.82) is 0 Å². The zero-order valence-corrected chi connectivity index (χ0v) is 14.4. The van der Waals surface area contributed by atoms with E-state index in [0.29, 0.717) is 36.9 Å². The standard InChI is InChI=1S/C19H26N2O4/c20-19(23)14-5-7-15(8-6-14)25-17-12-24-10-9-16(17)21-18(22)11-13-3-1-2-4-13/h5-8,13,16-17H,1-4,9-12H2,(H2,20,23)(H,21,22)/t16-,17-/m1/s1. The van der Waals surface area contributed by atoms with Gasteiger partial charge < -0.3 is 20.5 Å². The number of carbonyl (C=O) groups is 2. The van der Waals surface area contributed by atoms with E-state index in [2.05, 4.69) is 5.32 Å². The SMILES string of the molecule is NC(=O)c1ccc(O[C@@H]2COCC[C@H]2NC(=O)CC2CCCC2)cc1. The van der Waals surface area contributed by atoms with Gasteiger partial charge in [0.25, 0.3) is 0 Å². The molecule has 3 N–H and O–H groups in total. The highest BCUT2D eigenvalue weighted by atomic mass is 16.5. The van der Waals surface area contributed by atoms with E-state index < -0.39 is 5.91 Å². The maximum Gasteiger partial charge on any atom is 0.248 e. The lowest BCUT2D eigenvalue weighted by Crippen LogP contribution is -2.51. The molecule has 1 saturated heterocycles. The molecule has 1 aliphatic carbocycles. The van der Waals surface area contributed by atoms with E-state index in [9.17, 15) is 9.59 Å². The number of nitrogens with two attached hydrogens (primary N) is 1. The molecule has 2 amide bonds. The number of primary amides is 1. The summed E-state index contributed by atoms with van der Waals surface area (Å²) >= 11 is 0. The van der Waals surface area contributed by atoms with Gasteiger partial charge in [0.1, 0.15) is 11.9 Å². The second kappa shape index (κ2) is 8.34. The Labute approximate surface area is 148 Å². The van der Waals surface area contributed by atoms with E-state index in [-0.39, 0.29) is 18.1 Å². The molecule has 136 valence electrons. The van der Waals surface area contributed by atoms with Crippen LogP contribution in [-0.2, 0) is 9.53 Å². The monoisotopic (exact) mass is 346 g/mol. The minimum Gasteiger partial charge on any atom is -0.486 e. The Morgan fingerprint density at radius 2 is 1.88 bits per heavy atom. The van der Waals surface area contributed by atoms with E-state index in [1.807, 2.05) is 0 Å². The maximum atomic E-state index is 12.3. The molecule has 1 aromatic carbocycles. The minimum absolute atomic E-state index is 0.0570. The molecule has 2 atom stereocenters. The van der Waals surface area contributed by atoms with Crippen LogP contribution in [0.5, 0.6) is 5.75 Å². The normalized spacial score (nSPS) is 24.0. The Morgan fingerprint density at radius 3 is 2.56 bits per heavy atom. The van der Waals surface area contributed by atoms with Crippen LogP contribution >= 0.6 is 0 Å². The van der Waals surface area contributed by atoms with Gasteiger partial charge in [-0.1, -0.05) is 12.8 Å². The van der Waals surface area contributed by atoms with Crippen LogP contribution in [0, 0.1) is 5.92 Å².